The molecule has 0 aromatic carbocycles. The van der Waals surface area contributed by atoms with Crippen molar-refractivity contribution in [3.8, 4) is 0 Å². The van der Waals surface area contributed by atoms with E-state index in [2.05, 4.69) is 4.98 Å². The predicted octanol–water partition coefficient (Wildman–Crippen LogP) is 0.993. The molecule has 0 N–H and O–H groups in total. The van der Waals surface area contributed by atoms with E-state index in [1.54, 1.807) is 18.3 Å². The van der Waals surface area contributed by atoms with Gasteiger partial charge in [-0.2, -0.15) is 4.73 Å². The Labute approximate surface area is 131 Å². The lowest BCUT2D eigenvalue weighted by Gasteiger charge is -2.07. The molecule has 0 saturated carbocycles. The fourth-order valence-electron chi connectivity index (χ4n) is 2.18. The number of hydrogen-bond acceptors (Lipinski definition) is 5. The Morgan fingerprint density at radius 1 is 1.35 bits per heavy atom. The van der Waals surface area contributed by atoms with Gasteiger partial charge in [0.2, 0.25) is 0 Å². The molecule has 0 aliphatic rings. The number of ether oxygens (including phenoxy) is 1. The van der Waals surface area contributed by atoms with Crippen molar-refractivity contribution in [1.82, 2.24) is 9.38 Å². The average Bonchev–Trinajstić information content (AvgIpc) is 2.54. The van der Waals surface area contributed by atoms with Gasteiger partial charge in [0.1, 0.15) is 12.3 Å². The molecule has 3 rings (SSSR count). The van der Waals surface area contributed by atoms with Crippen LogP contribution in [0.2, 0.25) is 0 Å². The number of nitrogens with zero attached hydrogens (tertiary/aromatic N) is 3. The molecule has 0 aliphatic carbocycles. The van der Waals surface area contributed by atoms with E-state index in [0.29, 0.717) is 16.1 Å². The fourth-order valence-corrected chi connectivity index (χ4v) is 2.18. The van der Waals surface area contributed by atoms with E-state index in [1.165, 1.54) is 28.8 Å². The number of pyridine rings is 2. The molecule has 0 saturated heterocycles. The Bertz CT molecular complexity index is 949. The number of fused-ring (bicyclic) bond motifs is 1. The van der Waals surface area contributed by atoms with E-state index in [4.69, 9.17) is 4.74 Å². The molecule has 0 fully saturated rings. The molecule has 7 heteroatoms. The van der Waals surface area contributed by atoms with Crippen LogP contribution < -0.4 is 10.3 Å². The van der Waals surface area contributed by atoms with Crippen LogP contribution in [-0.4, -0.2) is 15.4 Å². The largest absolute Gasteiger partial charge is 0.618 e. The summed E-state index contributed by atoms with van der Waals surface area (Å²) in [6, 6.07) is 9.33. The van der Waals surface area contributed by atoms with Crippen LogP contribution in [0.5, 0.6) is 0 Å². The fraction of sp³-hybridized carbons (Fsp3) is 0.125. The lowest BCUT2D eigenvalue weighted by atomic mass is 10.3. The van der Waals surface area contributed by atoms with Gasteiger partial charge in [-0.1, -0.05) is 6.07 Å². The maximum atomic E-state index is 12.0. The number of rotatable bonds is 3. The second kappa shape index (κ2) is 5.88. The highest BCUT2D eigenvalue weighted by molar-refractivity contribution is 5.85. The number of carbonyl (C=O) groups excluding carboxylic acids is 1. The Balaban J connectivity index is 1.85. The zero-order valence-corrected chi connectivity index (χ0v) is 12.3. The van der Waals surface area contributed by atoms with Crippen LogP contribution in [0.15, 0.2) is 53.6 Å². The molecular weight excluding hydrogens is 298 g/mol. The van der Waals surface area contributed by atoms with Crippen molar-refractivity contribution in [2.24, 2.45) is 0 Å². The summed E-state index contributed by atoms with van der Waals surface area (Å²) in [6.07, 6.45) is 2.83. The topological polar surface area (TPSA) is 87.6 Å². The van der Waals surface area contributed by atoms with Crippen LogP contribution in [0.25, 0.3) is 5.65 Å². The lowest BCUT2D eigenvalue weighted by molar-refractivity contribution is -0.608. The smallest absolute Gasteiger partial charge is 0.405 e. The molecular formula is C16H13N3O4. The normalized spacial score (nSPS) is 10.7. The van der Waals surface area contributed by atoms with Gasteiger partial charge in [-0.3, -0.25) is 9.20 Å². The lowest BCUT2D eigenvalue weighted by Crippen LogP contribution is -2.34. The Hall–Kier alpha value is -3.22. The predicted molar refractivity (Wildman–Crippen MR) is 80.7 cm³/mol. The number of aromatic nitrogens is 3. The van der Waals surface area contributed by atoms with Crippen LogP contribution >= 0.6 is 0 Å². The molecule has 0 aliphatic heterocycles. The summed E-state index contributed by atoms with van der Waals surface area (Å²) in [4.78, 5) is 28.3. The summed E-state index contributed by atoms with van der Waals surface area (Å²) in [6.45, 7) is 1.65. The second-order valence-corrected chi connectivity index (χ2v) is 4.96. The molecule has 0 spiro atoms. The molecule has 7 nitrogen and oxygen atoms in total. The first kappa shape index (κ1) is 14.7. The Kier molecular flexibility index (Phi) is 3.76. The molecule has 0 bridgehead atoms. The summed E-state index contributed by atoms with van der Waals surface area (Å²) < 4.78 is 6.91. The van der Waals surface area contributed by atoms with Gasteiger partial charge in [0.25, 0.3) is 5.56 Å². The van der Waals surface area contributed by atoms with Crippen LogP contribution in [-0.2, 0) is 11.3 Å². The Morgan fingerprint density at radius 3 is 2.96 bits per heavy atom. The van der Waals surface area contributed by atoms with E-state index >= 15 is 0 Å². The quantitative estimate of drug-likeness (QED) is 0.409. The van der Waals surface area contributed by atoms with Crippen molar-refractivity contribution in [3.05, 3.63) is 81.3 Å². The van der Waals surface area contributed by atoms with Gasteiger partial charge in [0.15, 0.2) is 6.20 Å². The number of hydrogen-bond donors (Lipinski definition) is 0. The molecule has 0 radical (unpaired) electrons. The Morgan fingerprint density at radius 2 is 2.17 bits per heavy atom. The molecule has 0 atom stereocenters. The first-order valence-electron chi connectivity index (χ1n) is 6.89. The van der Waals surface area contributed by atoms with Crippen LogP contribution in [0.3, 0.4) is 0 Å². The van der Waals surface area contributed by atoms with Crippen molar-refractivity contribution < 1.29 is 14.3 Å². The highest BCUT2D eigenvalue weighted by atomic mass is 16.5. The van der Waals surface area contributed by atoms with Gasteiger partial charge < -0.3 is 9.94 Å². The van der Waals surface area contributed by atoms with Gasteiger partial charge in [-0.25, -0.2) is 9.78 Å². The van der Waals surface area contributed by atoms with Gasteiger partial charge in [0.05, 0.1) is 5.69 Å². The summed E-state index contributed by atoms with van der Waals surface area (Å²) in [5.41, 5.74) is 1.28. The highest BCUT2D eigenvalue weighted by Crippen LogP contribution is 2.07. The number of carbonyl (C=O) groups is 1. The molecule has 3 heterocycles. The summed E-state index contributed by atoms with van der Waals surface area (Å²) in [5, 5.41) is 11.5. The molecule has 0 amide bonds. The number of esters is 1. The molecule has 116 valence electrons. The van der Waals surface area contributed by atoms with E-state index in [9.17, 15) is 14.8 Å². The van der Waals surface area contributed by atoms with Gasteiger partial charge >= 0.3 is 11.7 Å². The minimum Gasteiger partial charge on any atom is -0.618 e. The van der Waals surface area contributed by atoms with Crippen molar-refractivity contribution in [2.45, 2.75) is 13.5 Å². The van der Waals surface area contributed by atoms with Crippen LogP contribution in [0.4, 0.5) is 0 Å². The summed E-state index contributed by atoms with van der Waals surface area (Å²) >= 11 is 0. The monoisotopic (exact) mass is 311 g/mol. The standard InChI is InChI=1S/C16H13N3O4/c1-11-5-4-7-18-14(20)9-12(17-15(11)18)10-23-16(21)13-6-2-3-8-19(13)22/h2-9H,10H2,1H3. The van der Waals surface area contributed by atoms with Gasteiger partial charge in [-0.05, 0) is 24.6 Å². The highest BCUT2D eigenvalue weighted by Gasteiger charge is 2.17. The summed E-state index contributed by atoms with van der Waals surface area (Å²) in [5.74, 6) is -0.771. The molecule has 3 aromatic rings. The van der Waals surface area contributed by atoms with Crippen molar-refractivity contribution in [1.29, 1.82) is 0 Å². The molecule has 0 unspecified atom stereocenters. The van der Waals surface area contributed by atoms with Crippen molar-refractivity contribution >= 4 is 11.6 Å². The maximum absolute atomic E-state index is 12.0. The van der Waals surface area contributed by atoms with Crippen LogP contribution in [0.1, 0.15) is 21.7 Å². The molecule has 3 aromatic heterocycles. The van der Waals surface area contributed by atoms with Crippen molar-refractivity contribution in [3.63, 3.8) is 0 Å². The average molecular weight is 311 g/mol. The van der Waals surface area contributed by atoms with Gasteiger partial charge in [-0.15, -0.1) is 0 Å². The zero-order valence-electron chi connectivity index (χ0n) is 12.3. The van der Waals surface area contributed by atoms with E-state index in [-0.39, 0.29) is 17.9 Å². The first-order valence-corrected chi connectivity index (χ1v) is 6.89. The number of aryl methyl sites for hydroxylation is 1. The van der Waals surface area contributed by atoms with E-state index in [1.807, 2.05) is 13.0 Å². The third-order valence-electron chi connectivity index (χ3n) is 3.32. The molecule has 23 heavy (non-hydrogen) atoms. The first-order chi connectivity index (χ1) is 11.1. The van der Waals surface area contributed by atoms with Crippen molar-refractivity contribution in [2.75, 3.05) is 0 Å². The second-order valence-electron chi connectivity index (χ2n) is 4.96. The maximum Gasteiger partial charge on any atom is 0.405 e. The SMILES string of the molecule is Cc1cccn2c(=O)cc(COC(=O)c3cccc[n+]3[O-])nc12. The summed E-state index contributed by atoms with van der Waals surface area (Å²) in [7, 11) is 0. The third-order valence-corrected chi connectivity index (χ3v) is 3.32. The zero-order chi connectivity index (χ0) is 16.4. The minimum atomic E-state index is -0.771. The van der Waals surface area contributed by atoms with E-state index < -0.39 is 5.97 Å². The minimum absolute atomic E-state index is 0.124. The third kappa shape index (κ3) is 2.89. The van der Waals surface area contributed by atoms with E-state index in [0.717, 1.165) is 5.56 Å². The van der Waals surface area contributed by atoms with Crippen LogP contribution in [0, 0.1) is 12.1 Å². The van der Waals surface area contributed by atoms with Gasteiger partial charge in [0, 0.05) is 24.4 Å².